The van der Waals surface area contributed by atoms with Crippen molar-refractivity contribution in [2.24, 2.45) is 5.41 Å². The molecule has 3 atom stereocenters. The van der Waals surface area contributed by atoms with Crippen molar-refractivity contribution in [1.29, 1.82) is 0 Å². The first-order valence-corrected chi connectivity index (χ1v) is 12.5. The van der Waals surface area contributed by atoms with Gasteiger partial charge in [0.05, 0.1) is 23.3 Å². The van der Waals surface area contributed by atoms with Gasteiger partial charge in [0.2, 0.25) is 5.91 Å². The van der Waals surface area contributed by atoms with E-state index < -0.39 is 12.0 Å². The van der Waals surface area contributed by atoms with E-state index in [0.29, 0.717) is 49.1 Å². The fraction of sp³-hybridized carbons (Fsp3) is 0.667. The Bertz CT molecular complexity index is 894. The SMILES string of the molecule is COC(=O)[C@H](CCN1CCC2(CC2)[C@H](O)C1)N1CC(C)N(c2ccc(Cl)c(Cl)c2)CCC1=O. The predicted molar refractivity (Wildman–Crippen MR) is 129 cm³/mol. The van der Waals surface area contributed by atoms with Crippen molar-refractivity contribution < 1.29 is 19.4 Å². The summed E-state index contributed by atoms with van der Waals surface area (Å²) in [5, 5.41) is 11.5. The molecule has 2 heterocycles. The van der Waals surface area contributed by atoms with Crippen LogP contribution in [0.3, 0.4) is 0 Å². The molecule has 182 valence electrons. The first-order chi connectivity index (χ1) is 15.7. The Morgan fingerprint density at radius 3 is 2.61 bits per heavy atom. The molecule has 7 nitrogen and oxygen atoms in total. The number of rotatable bonds is 6. The fourth-order valence-corrected chi connectivity index (χ4v) is 5.57. The molecule has 1 aromatic rings. The molecular weight excluding hydrogens is 465 g/mol. The Morgan fingerprint density at radius 2 is 1.97 bits per heavy atom. The van der Waals surface area contributed by atoms with Crippen molar-refractivity contribution in [3.63, 3.8) is 0 Å². The number of aliphatic hydroxyl groups is 1. The van der Waals surface area contributed by atoms with E-state index >= 15 is 0 Å². The van der Waals surface area contributed by atoms with Gasteiger partial charge in [0.15, 0.2) is 0 Å². The highest BCUT2D eigenvalue weighted by molar-refractivity contribution is 6.42. The molecule has 1 aliphatic carbocycles. The van der Waals surface area contributed by atoms with Crippen LogP contribution < -0.4 is 4.90 Å². The highest BCUT2D eigenvalue weighted by Crippen LogP contribution is 2.53. The molecule has 9 heteroatoms. The molecule has 1 aromatic carbocycles. The van der Waals surface area contributed by atoms with E-state index in [4.69, 9.17) is 27.9 Å². The summed E-state index contributed by atoms with van der Waals surface area (Å²) < 4.78 is 5.09. The van der Waals surface area contributed by atoms with Crippen LogP contribution in [0.5, 0.6) is 0 Å². The minimum Gasteiger partial charge on any atom is -0.467 e. The molecule has 1 spiro atoms. The van der Waals surface area contributed by atoms with E-state index in [-0.39, 0.29) is 23.5 Å². The van der Waals surface area contributed by atoms with Crippen LogP contribution in [0.25, 0.3) is 0 Å². The van der Waals surface area contributed by atoms with Gasteiger partial charge in [-0.2, -0.15) is 0 Å². The number of amides is 1. The number of carbonyl (C=O) groups excluding carboxylic acids is 2. The molecule has 2 saturated heterocycles. The van der Waals surface area contributed by atoms with E-state index in [9.17, 15) is 14.7 Å². The van der Waals surface area contributed by atoms with Crippen LogP contribution in [0.1, 0.15) is 39.0 Å². The number of likely N-dealkylation sites (tertiary alicyclic amines) is 1. The summed E-state index contributed by atoms with van der Waals surface area (Å²) in [7, 11) is 1.37. The van der Waals surface area contributed by atoms with Crippen molar-refractivity contribution in [2.75, 3.05) is 44.7 Å². The zero-order valence-corrected chi connectivity index (χ0v) is 20.8. The van der Waals surface area contributed by atoms with Crippen molar-refractivity contribution in [3.8, 4) is 0 Å². The molecule has 4 rings (SSSR count). The number of β-amino-alcohol motifs (C(OH)–C–C–N with tert-alkyl or cyclic N) is 1. The smallest absolute Gasteiger partial charge is 0.328 e. The average molecular weight is 498 g/mol. The van der Waals surface area contributed by atoms with Gasteiger partial charge in [-0.1, -0.05) is 23.2 Å². The van der Waals surface area contributed by atoms with Crippen LogP contribution in [-0.4, -0.2) is 84.8 Å². The molecule has 1 amide bonds. The molecule has 2 aliphatic heterocycles. The molecular formula is C24H33Cl2N3O4. The summed E-state index contributed by atoms with van der Waals surface area (Å²) >= 11 is 12.3. The van der Waals surface area contributed by atoms with Gasteiger partial charge < -0.3 is 24.5 Å². The van der Waals surface area contributed by atoms with E-state index in [1.807, 2.05) is 19.1 Å². The minimum absolute atomic E-state index is 0.0209. The van der Waals surface area contributed by atoms with Gasteiger partial charge in [0.1, 0.15) is 6.04 Å². The molecule has 0 bridgehead atoms. The second kappa shape index (κ2) is 9.98. The number of hydrogen-bond acceptors (Lipinski definition) is 6. The van der Waals surface area contributed by atoms with E-state index in [1.54, 1.807) is 11.0 Å². The Morgan fingerprint density at radius 1 is 1.21 bits per heavy atom. The van der Waals surface area contributed by atoms with Gasteiger partial charge in [-0.05, 0) is 62.8 Å². The molecule has 1 N–H and O–H groups in total. The molecule has 3 fully saturated rings. The van der Waals surface area contributed by atoms with Crippen molar-refractivity contribution in [1.82, 2.24) is 9.80 Å². The summed E-state index contributed by atoms with van der Waals surface area (Å²) in [5.74, 6) is -0.454. The number of nitrogens with zero attached hydrogens (tertiary/aromatic N) is 3. The highest BCUT2D eigenvalue weighted by atomic mass is 35.5. The largest absolute Gasteiger partial charge is 0.467 e. The summed E-state index contributed by atoms with van der Waals surface area (Å²) in [6.45, 7) is 5.16. The minimum atomic E-state index is -0.646. The average Bonchev–Trinajstić information content (AvgIpc) is 3.59. The summed E-state index contributed by atoms with van der Waals surface area (Å²) in [6, 6.07) is 4.80. The third-order valence-corrected chi connectivity index (χ3v) is 8.38. The van der Waals surface area contributed by atoms with Gasteiger partial charge in [0.25, 0.3) is 0 Å². The first-order valence-electron chi connectivity index (χ1n) is 11.7. The molecule has 0 aromatic heterocycles. The van der Waals surface area contributed by atoms with E-state index in [2.05, 4.69) is 9.80 Å². The summed E-state index contributed by atoms with van der Waals surface area (Å²) in [4.78, 5) is 31.8. The van der Waals surface area contributed by atoms with Crippen LogP contribution in [0, 0.1) is 5.41 Å². The Kier molecular flexibility index (Phi) is 7.44. The van der Waals surface area contributed by atoms with Gasteiger partial charge in [-0.15, -0.1) is 0 Å². The zero-order valence-electron chi connectivity index (χ0n) is 19.3. The summed E-state index contributed by atoms with van der Waals surface area (Å²) in [5.41, 5.74) is 1.04. The van der Waals surface area contributed by atoms with Gasteiger partial charge in [-0.3, -0.25) is 4.79 Å². The van der Waals surface area contributed by atoms with Gasteiger partial charge in [-0.25, -0.2) is 4.79 Å². The number of hydrogen-bond donors (Lipinski definition) is 1. The lowest BCUT2D eigenvalue weighted by Gasteiger charge is -2.38. The maximum absolute atomic E-state index is 13.1. The van der Waals surface area contributed by atoms with Crippen LogP contribution in [0.15, 0.2) is 18.2 Å². The third kappa shape index (κ3) is 5.26. The number of anilines is 1. The van der Waals surface area contributed by atoms with Crippen molar-refractivity contribution in [3.05, 3.63) is 28.2 Å². The van der Waals surface area contributed by atoms with Gasteiger partial charge >= 0.3 is 5.97 Å². The van der Waals surface area contributed by atoms with Crippen molar-refractivity contribution in [2.45, 2.75) is 57.2 Å². The molecule has 33 heavy (non-hydrogen) atoms. The lowest BCUT2D eigenvalue weighted by molar-refractivity contribution is -0.153. The number of benzene rings is 1. The number of ether oxygens (including phenoxy) is 1. The van der Waals surface area contributed by atoms with Crippen LogP contribution in [-0.2, 0) is 14.3 Å². The van der Waals surface area contributed by atoms with E-state index in [1.165, 1.54) is 7.11 Å². The topological polar surface area (TPSA) is 73.3 Å². The highest BCUT2D eigenvalue weighted by Gasteiger charge is 2.51. The Labute approximate surface area is 205 Å². The molecule has 1 unspecified atom stereocenters. The summed E-state index contributed by atoms with van der Waals surface area (Å²) in [6.07, 6.45) is 3.70. The monoisotopic (exact) mass is 497 g/mol. The molecule has 1 saturated carbocycles. The standard InChI is InChI=1S/C24H33Cl2N3O4/c1-16-14-29(22(31)6-11-28(16)17-3-4-18(25)19(26)13-17)20(23(32)33-2)5-10-27-12-9-24(7-8-24)21(30)15-27/h3-4,13,16,20-21,30H,5-12,14-15H2,1-2H3/t16?,20-,21+/m0/s1. The maximum Gasteiger partial charge on any atom is 0.328 e. The van der Waals surface area contributed by atoms with Crippen LogP contribution in [0.2, 0.25) is 10.0 Å². The lowest BCUT2D eigenvalue weighted by atomic mass is 9.90. The lowest BCUT2D eigenvalue weighted by Crippen LogP contribution is -2.51. The number of methoxy groups -OCH3 is 1. The maximum atomic E-state index is 13.1. The number of piperidine rings is 1. The molecule has 3 aliphatic rings. The number of aliphatic hydroxyl groups excluding tert-OH is 1. The number of carbonyl (C=O) groups is 2. The Hall–Kier alpha value is -1.54. The second-order valence-corrected chi connectivity index (χ2v) is 10.5. The van der Waals surface area contributed by atoms with Gasteiger partial charge in [0, 0.05) is 44.3 Å². The predicted octanol–water partition coefficient (Wildman–Crippen LogP) is 3.20. The van der Waals surface area contributed by atoms with Crippen molar-refractivity contribution >= 4 is 40.8 Å². The van der Waals surface area contributed by atoms with E-state index in [0.717, 1.165) is 31.5 Å². The Balaban J connectivity index is 1.44. The number of esters is 1. The second-order valence-electron chi connectivity index (χ2n) is 9.69. The fourth-order valence-electron chi connectivity index (χ4n) is 5.28. The zero-order chi connectivity index (χ0) is 23.8. The number of halogens is 2. The normalized spacial score (nSPS) is 26.3. The first kappa shape index (κ1) is 24.6. The van der Waals surface area contributed by atoms with Crippen LogP contribution in [0.4, 0.5) is 5.69 Å². The molecule has 0 radical (unpaired) electrons. The quantitative estimate of drug-likeness (QED) is 0.608. The third-order valence-electron chi connectivity index (χ3n) is 7.64. The van der Waals surface area contributed by atoms with Crippen LogP contribution >= 0.6 is 23.2 Å².